The van der Waals surface area contributed by atoms with E-state index in [9.17, 15) is 14.7 Å². The largest absolute Gasteiger partial charge is 0.392 e. The van der Waals surface area contributed by atoms with Gasteiger partial charge in [-0.05, 0) is 17.9 Å². The molecule has 0 aromatic heterocycles. The summed E-state index contributed by atoms with van der Waals surface area (Å²) in [6.07, 6.45) is -0.712. The molecule has 0 aliphatic carbocycles. The van der Waals surface area contributed by atoms with Crippen LogP contribution in [0.5, 0.6) is 0 Å². The van der Waals surface area contributed by atoms with E-state index in [-0.39, 0.29) is 36.4 Å². The Morgan fingerprint density at radius 3 is 2.07 bits per heavy atom. The summed E-state index contributed by atoms with van der Waals surface area (Å²) in [5.41, 5.74) is 0.673. The highest BCUT2D eigenvalue weighted by Crippen LogP contribution is 2.22. The van der Waals surface area contributed by atoms with Gasteiger partial charge in [0.15, 0.2) is 0 Å². The van der Waals surface area contributed by atoms with Crippen LogP contribution in [0.15, 0.2) is 30.3 Å². The third-order valence-electron chi connectivity index (χ3n) is 4.08. The molecule has 0 bridgehead atoms. The maximum atomic E-state index is 13.1. The Bertz CT molecular complexity index is 595. The summed E-state index contributed by atoms with van der Waals surface area (Å²) in [7, 11) is 0. The summed E-state index contributed by atoms with van der Waals surface area (Å²) in [4.78, 5) is 27.0. The molecule has 2 amide bonds. The molecule has 1 rings (SSSR count). The quantitative estimate of drug-likeness (QED) is 0.588. The number of carbonyl (C=O) groups is 2. The topological polar surface area (TPSA) is 81.7 Å². The molecule has 0 spiro atoms. The maximum absolute atomic E-state index is 13.1. The van der Waals surface area contributed by atoms with Gasteiger partial charge in [0.2, 0.25) is 11.8 Å². The van der Waals surface area contributed by atoms with E-state index in [1.807, 2.05) is 78.8 Å². The molecule has 3 N–H and O–H groups in total. The lowest BCUT2D eigenvalue weighted by Crippen LogP contribution is -2.57. The minimum Gasteiger partial charge on any atom is -0.392 e. The number of rotatable bonds is 9. The van der Waals surface area contributed by atoms with Gasteiger partial charge in [0.25, 0.3) is 0 Å². The number of aliphatic hydroxyl groups is 1. The number of amides is 2. The molecular weight excluding hydrogens is 366 g/mol. The summed E-state index contributed by atoms with van der Waals surface area (Å²) in [6.45, 7) is 16.0. The van der Waals surface area contributed by atoms with Crippen LogP contribution in [0.1, 0.15) is 61.0 Å². The molecule has 0 aliphatic heterocycles. The van der Waals surface area contributed by atoms with E-state index in [1.165, 1.54) is 4.90 Å². The zero-order valence-corrected chi connectivity index (χ0v) is 19.5. The Labute approximate surface area is 177 Å². The van der Waals surface area contributed by atoms with Gasteiger partial charge in [-0.3, -0.25) is 9.59 Å². The average Bonchev–Trinajstić information content (AvgIpc) is 2.64. The van der Waals surface area contributed by atoms with Crippen molar-refractivity contribution in [1.82, 2.24) is 15.5 Å². The highest BCUT2D eigenvalue weighted by molar-refractivity contribution is 5.88. The fourth-order valence-electron chi connectivity index (χ4n) is 2.78. The first-order chi connectivity index (χ1) is 13.5. The van der Waals surface area contributed by atoms with Crippen molar-refractivity contribution >= 4 is 11.8 Å². The molecule has 0 radical (unpaired) electrons. The van der Waals surface area contributed by atoms with Crippen LogP contribution in [0.2, 0.25) is 0 Å². The number of nitrogens with zero attached hydrogens (tertiary/aromatic N) is 1. The number of benzene rings is 1. The van der Waals surface area contributed by atoms with Crippen LogP contribution in [0.4, 0.5) is 0 Å². The lowest BCUT2D eigenvalue weighted by molar-refractivity contribution is -0.141. The zero-order valence-electron chi connectivity index (χ0n) is 19.5. The summed E-state index contributed by atoms with van der Waals surface area (Å²) in [6, 6.07) is 9.29. The van der Waals surface area contributed by atoms with Crippen molar-refractivity contribution in [3.63, 3.8) is 0 Å². The van der Waals surface area contributed by atoms with Gasteiger partial charge in [-0.15, -0.1) is 0 Å². The predicted molar refractivity (Wildman–Crippen MR) is 119 cm³/mol. The van der Waals surface area contributed by atoms with Gasteiger partial charge in [0.05, 0.1) is 18.7 Å². The summed E-state index contributed by atoms with van der Waals surface area (Å²) in [5, 5.41) is 16.0. The first kappa shape index (κ1) is 27.1. The summed E-state index contributed by atoms with van der Waals surface area (Å²) < 4.78 is 0. The summed E-state index contributed by atoms with van der Waals surface area (Å²) in [5.74, 6) is -0.419. The van der Waals surface area contributed by atoms with E-state index >= 15 is 0 Å². The van der Waals surface area contributed by atoms with Crippen LogP contribution in [0.3, 0.4) is 0 Å². The number of hydrogen-bond donors (Lipinski definition) is 3. The van der Waals surface area contributed by atoms with Crippen LogP contribution < -0.4 is 10.6 Å². The molecule has 0 fully saturated rings. The van der Waals surface area contributed by atoms with Crippen molar-refractivity contribution in [2.75, 3.05) is 13.1 Å². The standard InChI is InChI=1S/C21H35N3O3.C2H6/c1-15(2)23-19(21(4,5)6)20(27)24(13-16(3)25)14-18(26)22-12-17-10-8-7-9-11-17;1-2/h7-11,15-16,19,23,25H,12-14H2,1-6H3,(H,22,26);1-2H3. The third-order valence-corrected chi connectivity index (χ3v) is 4.08. The maximum Gasteiger partial charge on any atom is 0.240 e. The Balaban J connectivity index is 0.00000379. The average molecular weight is 408 g/mol. The Kier molecular flexibility index (Phi) is 12.4. The highest BCUT2D eigenvalue weighted by atomic mass is 16.3. The molecule has 0 saturated carbocycles. The van der Waals surface area contributed by atoms with Crippen LogP contribution >= 0.6 is 0 Å². The molecule has 2 atom stereocenters. The smallest absolute Gasteiger partial charge is 0.240 e. The van der Waals surface area contributed by atoms with Gasteiger partial charge in [0, 0.05) is 19.1 Å². The second-order valence-electron chi connectivity index (χ2n) is 8.45. The molecule has 1 aromatic rings. The van der Waals surface area contributed by atoms with Gasteiger partial charge >= 0.3 is 0 Å². The van der Waals surface area contributed by atoms with Gasteiger partial charge in [-0.2, -0.15) is 0 Å². The van der Waals surface area contributed by atoms with Crippen molar-refractivity contribution < 1.29 is 14.7 Å². The lowest BCUT2D eigenvalue weighted by atomic mass is 9.85. The second kappa shape index (κ2) is 13.3. The molecule has 1 aromatic carbocycles. The van der Waals surface area contributed by atoms with Crippen LogP contribution in [-0.2, 0) is 16.1 Å². The molecule has 6 heteroatoms. The van der Waals surface area contributed by atoms with E-state index < -0.39 is 12.1 Å². The Morgan fingerprint density at radius 2 is 1.62 bits per heavy atom. The van der Waals surface area contributed by atoms with E-state index in [0.717, 1.165) is 5.56 Å². The predicted octanol–water partition coefficient (Wildman–Crippen LogP) is 2.95. The monoisotopic (exact) mass is 407 g/mol. The molecule has 166 valence electrons. The Morgan fingerprint density at radius 1 is 1.07 bits per heavy atom. The van der Waals surface area contributed by atoms with E-state index in [4.69, 9.17) is 0 Å². The molecule has 0 aliphatic rings. The zero-order chi connectivity index (χ0) is 22.6. The van der Waals surface area contributed by atoms with Gasteiger partial charge < -0.3 is 20.6 Å². The first-order valence-corrected chi connectivity index (χ1v) is 10.5. The van der Waals surface area contributed by atoms with Crippen LogP contribution in [0, 0.1) is 5.41 Å². The molecule has 29 heavy (non-hydrogen) atoms. The molecule has 2 unspecified atom stereocenters. The fourth-order valence-corrected chi connectivity index (χ4v) is 2.78. The van der Waals surface area contributed by atoms with Crippen molar-refractivity contribution in [1.29, 1.82) is 0 Å². The van der Waals surface area contributed by atoms with E-state index in [0.29, 0.717) is 6.54 Å². The SMILES string of the molecule is CC.CC(O)CN(CC(=O)NCc1ccccc1)C(=O)C(NC(C)C)C(C)(C)C. The van der Waals surface area contributed by atoms with Crippen LogP contribution in [-0.4, -0.2) is 53.1 Å². The lowest BCUT2D eigenvalue weighted by Gasteiger charge is -2.36. The minimum atomic E-state index is -0.712. The number of aliphatic hydroxyl groups excluding tert-OH is 1. The van der Waals surface area contributed by atoms with Crippen molar-refractivity contribution in [3.8, 4) is 0 Å². The molecule has 0 saturated heterocycles. The van der Waals surface area contributed by atoms with E-state index in [2.05, 4.69) is 10.6 Å². The Hall–Kier alpha value is -1.92. The number of nitrogens with one attached hydrogen (secondary N) is 2. The normalized spacial score (nSPS) is 13.2. The molecular formula is C23H41N3O3. The minimum absolute atomic E-state index is 0.0804. The van der Waals surface area contributed by atoms with Crippen molar-refractivity contribution in [2.45, 2.75) is 80.1 Å². The molecule has 6 nitrogen and oxygen atoms in total. The van der Waals surface area contributed by atoms with Crippen molar-refractivity contribution in [2.24, 2.45) is 5.41 Å². The fraction of sp³-hybridized carbons (Fsp3) is 0.652. The van der Waals surface area contributed by atoms with E-state index in [1.54, 1.807) is 6.92 Å². The summed E-state index contributed by atoms with van der Waals surface area (Å²) >= 11 is 0. The number of hydrogen-bond acceptors (Lipinski definition) is 4. The van der Waals surface area contributed by atoms with Crippen LogP contribution in [0.25, 0.3) is 0 Å². The highest BCUT2D eigenvalue weighted by Gasteiger charge is 2.35. The number of carbonyl (C=O) groups excluding carboxylic acids is 2. The second-order valence-corrected chi connectivity index (χ2v) is 8.45. The first-order valence-electron chi connectivity index (χ1n) is 10.5. The van der Waals surface area contributed by atoms with Crippen molar-refractivity contribution in [3.05, 3.63) is 35.9 Å². The van der Waals surface area contributed by atoms with Gasteiger partial charge in [-0.25, -0.2) is 0 Å². The molecule has 0 heterocycles. The third kappa shape index (κ3) is 11.0. The van der Waals surface area contributed by atoms with Gasteiger partial charge in [-0.1, -0.05) is 78.8 Å². The van der Waals surface area contributed by atoms with Gasteiger partial charge in [0.1, 0.15) is 0 Å².